The minimum atomic E-state index is -0.0443. The predicted molar refractivity (Wildman–Crippen MR) is 250 cm³/mol. The predicted octanol–water partition coefficient (Wildman–Crippen LogP) is 12.1. The van der Waals surface area contributed by atoms with Crippen molar-refractivity contribution < 1.29 is 0 Å². The molecule has 5 heteroatoms. The van der Waals surface area contributed by atoms with Crippen LogP contribution >= 0.6 is 0 Å². The van der Waals surface area contributed by atoms with E-state index in [1.165, 1.54) is 115 Å². The second-order valence-electron chi connectivity index (χ2n) is 16.4. The zero-order valence-corrected chi connectivity index (χ0v) is 31.8. The first-order chi connectivity index (χ1) is 29.3. The fourth-order valence-corrected chi connectivity index (χ4v) is 11.6. The molecule has 0 radical (unpaired) electrons. The lowest BCUT2D eigenvalue weighted by Gasteiger charge is -2.44. The van der Waals surface area contributed by atoms with Crippen LogP contribution in [-0.4, -0.2) is 15.5 Å². The average Bonchev–Trinajstić information content (AvgIpc) is 4.03. The van der Waals surface area contributed by atoms with Gasteiger partial charge >= 0.3 is 0 Å². The minimum absolute atomic E-state index is 0.0443. The van der Waals surface area contributed by atoms with Gasteiger partial charge in [-0.2, -0.15) is 0 Å². The molecular formula is C54H31BN4. The van der Waals surface area contributed by atoms with Gasteiger partial charge in [-0.25, -0.2) is 0 Å². The second-order valence-corrected chi connectivity index (χ2v) is 16.4. The summed E-state index contributed by atoms with van der Waals surface area (Å²) in [6.07, 6.45) is 0. The van der Waals surface area contributed by atoms with Gasteiger partial charge in [-0.1, -0.05) is 127 Å². The SMILES string of the molecule is c1ccc(N2c3cccc4c3B(c3cc5c6ccccc6n6c7ccccc7c(c32)c56)c2cc3c5ccccc5n5c6ccccc6c(c2N4c2ccccc2)c35)cc1. The normalized spacial score (nSPS) is 13.7. The smallest absolute Gasteiger partial charge is 0.252 e. The van der Waals surface area contributed by atoms with Crippen molar-refractivity contribution in [2.75, 3.05) is 9.80 Å². The molecule has 2 aliphatic rings. The first-order valence-electron chi connectivity index (χ1n) is 20.6. The quantitative estimate of drug-likeness (QED) is 0.164. The maximum atomic E-state index is 2.58. The van der Waals surface area contributed by atoms with E-state index in [-0.39, 0.29) is 6.71 Å². The third-order valence-corrected chi connectivity index (χ3v) is 13.7. The summed E-state index contributed by atoms with van der Waals surface area (Å²) in [7, 11) is 0. The van der Waals surface area contributed by atoms with Crippen molar-refractivity contribution in [3.63, 3.8) is 0 Å². The molecule has 0 fully saturated rings. The van der Waals surface area contributed by atoms with Gasteiger partial charge in [0.1, 0.15) is 0 Å². The number of benzene rings is 9. The summed E-state index contributed by atoms with van der Waals surface area (Å²) in [5.74, 6) is 0. The molecule has 0 bridgehead atoms. The van der Waals surface area contributed by atoms with Gasteiger partial charge in [0.05, 0.1) is 44.5 Å². The van der Waals surface area contributed by atoms with Gasteiger partial charge in [-0.05, 0) is 77.1 Å². The Bertz CT molecular complexity index is 3670. The van der Waals surface area contributed by atoms with Crippen molar-refractivity contribution >= 4 is 133 Å². The number of rotatable bonds is 2. The lowest BCUT2D eigenvalue weighted by atomic mass is 9.33. The van der Waals surface area contributed by atoms with E-state index in [1.54, 1.807) is 0 Å². The summed E-state index contributed by atoms with van der Waals surface area (Å²) in [6.45, 7) is -0.0443. The lowest BCUT2D eigenvalue weighted by Crippen LogP contribution is -2.61. The molecular weight excluding hydrogens is 715 g/mol. The number of aromatic nitrogens is 2. The molecule has 4 nitrogen and oxygen atoms in total. The van der Waals surface area contributed by atoms with Crippen molar-refractivity contribution in [2.45, 2.75) is 0 Å². The highest BCUT2D eigenvalue weighted by atomic mass is 15.2. The van der Waals surface area contributed by atoms with Gasteiger partial charge in [-0.15, -0.1) is 0 Å². The molecule has 9 aromatic carbocycles. The summed E-state index contributed by atoms with van der Waals surface area (Å²) in [6, 6.07) is 70.3. The zero-order valence-electron chi connectivity index (χ0n) is 31.8. The summed E-state index contributed by atoms with van der Waals surface area (Å²) >= 11 is 0. The van der Waals surface area contributed by atoms with Gasteiger partial charge < -0.3 is 18.6 Å². The molecule has 0 unspecified atom stereocenters. The second kappa shape index (κ2) is 10.6. The van der Waals surface area contributed by atoms with Gasteiger partial charge in [0.25, 0.3) is 6.71 Å². The van der Waals surface area contributed by atoms with Crippen LogP contribution in [0.2, 0.25) is 0 Å². The summed E-state index contributed by atoms with van der Waals surface area (Å²) in [4.78, 5) is 5.16. The molecule has 0 spiro atoms. The first-order valence-corrected chi connectivity index (χ1v) is 20.6. The van der Waals surface area contributed by atoms with E-state index in [9.17, 15) is 0 Å². The third-order valence-electron chi connectivity index (χ3n) is 13.7. The van der Waals surface area contributed by atoms with Crippen LogP contribution in [0.4, 0.5) is 34.1 Å². The van der Waals surface area contributed by atoms with Gasteiger partial charge in [0, 0.05) is 65.8 Å². The highest BCUT2D eigenvalue weighted by molar-refractivity contribution is 7.01. The Balaban J connectivity index is 1.21. The number of fused-ring (bicyclic) bond motifs is 18. The van der Waals surface area contributed by atoms with E-state index in [4.69, 9.17) is 0 Å². The highest BCUT2D eigenvalue weighted by Gasteiger charge is 2.46. The molecule has 13 aromatic rings. The fraction of sp³-hybridized carbons (Fsp3) is 0. The van der Waals surface area contributed by atoms with Crippen LogP contribution in [0.5, 0.6) is 0 Å². The summed E-state index contributed by atoms with van der Waals surface area (Å²) in [5, 5.41) is 10.4. The van der Waals surface area contributed by atoms with Crippen molar-refractivity contribution in [3.8, 4) is 0 Å². The molecule has 0 aliphatic carbocycles. The molecule has 0 saturated heterocycles. The molecule has 270 valence electrons. The Kier molecular flexibility index (Phi) is 5.46. The minimum Gasteiger partial charge on any atom is -0.311 e. The van der Waals surface area contributed by atoms with Crippen molar-refractivity contribution in [3.05, 3.63) is 188 Å². The largest absolute Gasteiger partial charge is 0.311 e. The summed E-state index contributed by atoms with van der Waals surface area (Å²) in [5.41, 5.74) is 18.9. The Morgan fingerprint density at radius 2 is 0.695 bits per heavy atom. The molecule has 0 saturated carbocycles. The molecule has 0 atom stereocenters. The molecule has 0 N–H and O–H groups in total. The maximum Gasteiger partial charge on any atom is 0.252 e. The molecule has 4 aromatic heterocycles. The van der Waals surface area contributed by atoms with Crippen LogP contribution in [0.3, 0.4) is 0 Å². The van der Waals surface area contributed by atoms with E-state index < -0.39 is 0 Å². The molecule has 2 aliphatic heterocycles. The standard InChI is InChI=1S/C54H31BN4/c1-3-16-32(17-4-1)56-46-28-15-29-47-50(46)55(40-30-38-34-20-7-11-24-42(34)58-44-26-13-9-22-36(44)48(51(38)58)53(40)56)41-31-39-35-21-8-12-25-43(35)59-45-27-14-10-23-37(45)49(52(39)59)54(41)57(47)33-18-5-2-6-19-33/h1-31H. The number of nitrogens with zero attached hydrogens (tertiary/aromatic N) is 4. The summed E-state index contributed by atoms with van der Waals surface area (Å²) < 4.78 is 5.04. The van der Waals surface area contributed by atoms with E-state index >= 15 is 0 Å². The van der Waals surface area contributed by atoms with Crippen LogP contribution in [-0.2, 0) is 0 Å². The zero-order chi connectivity index (χ0) is 38.1. The number of para-hydroxylation sites is 6. The van der Waals surface area contributed by atoms with E-state index in [0.29, 0.717) is 0 Å². The Morgan fingerprint density at radius 3 is 1.14 bits per heavy atom. The van der Waals surface area contributed by atoms with Crippen molar-refractivity contribution in [1.82, 2.24) is 8.80 Å². The Labute approximate surface area is 338 Å². The number of anilines is 6. The average molecular weight is 747 g/mol. The fourth-order valence-electron chi connectivity index (χ4n) is 11.6. The number of hydrogen-bond donors (Lipinski definition) is 0. The van der Waals surface area contributed by atoms with Crippen LogP contribution in [0.15, 0.2) is 188 Å². The van der Waals surface area contributed by atoms with E-state index in [2.05, 4.69) is 207 Å². The monoisotopic (exact) mass is 746 g/mol. The Morgan fingerprint density at radius 1 is 0.322 bits per heavy atom. The highest BCUT2D eigenvalue weighted by Crippen LogP contribution is 2.52. The number of hydrogen-bond acceptors (Lipinski definition) is 2. The molecule has 15 rings (SSSR count). The molecule has 0 amide bonds. The van der Waals surface area contributed by atoms with Crippen LogP contribution in [0, 0.1) is 0 Å². The maximum absolute atomic E-state index is 2.58. The first kappa shape index (κ1) is 30.4. The van der Waals surface area contributed by atoms with Crippen LogP contribution < -0.4 is 26.2 Å². The van der Waals surface area contributed by atoms with Crippen molar-refractivity contribution in [2.24, 2.45) is 0 Å². The topological polar surface area (TPSA) is 15.3 Å². The van der Waals surface area contributed by atoms with Crippen molar-refractivity contribution in [1.29, 1.82) is 0 Å². The third kappa shape index (κ3) is 3.52. The van der Waals surface area contributed by atoms with E-state index in [1.807, 2.05) is 0 Å². The molecule has 59 heavy (non-hydrogen) atoms. The molecule has 6 heterocycles. The van der Waals surface area contributed by atoms with Gasteiger partial charge in [0.15, 0.2) is 0 Å². The van der Waals surface area contributed by atoms with Gasteiger partial charge in [0.2, 0.25) is 0 Å². The van der Waals surface area contributed by atoms with Gasteiger partial charge in [-0.3, -0.25) is 0 Å². The van der Waals surface area contributed by atoms with Crippen LogP contribution in [0.25, 0.3) is 76.2 Å². The van der Waals surface area contributed by atoms with E-state index in [0.717, 1.165) is 11.4 Å². The van der Waals surface area contributed by atoms with Crippen LogP contribution in [0.1, 0.15) is 0 Å². The Hall–Kier alpha value is -7.76. The lowest BCUT2D eigenvalue weighted by molar-refractivity contribution is 1.27.